The molecule has 3 aromatic rings. The van der Waals surface area contributed by atoms with E-state index in [0.29, 0.717) is 30.6 Å². The van der Waals surface area contributed by atoms with E-state index in [1.807, 2.05) is 37.3 Å². The fourth-order valence-corrected chi connectivity index (χ4v) is 5.66. The fourth-order valence-electron chi connectivity index (χ4n) is 5.66. The molecule has 0 unspecified atom stereocenters. The first-order valence-corrected chi connectivity index (χ1v) is 12.3. The third kappa shape index (κ3) is 4.39. The van der Waals surface area contributed by atoms with Crippen molar-refractivity contribution in [2.75, 3.05) is 6.61 Å². The normalized spacial score (nSPS) is 23.5. The molecule has 0 aromatic heterocycles. The van der Waals surface area contributed by atoms with Crippen molar-refractivity contribution >= 4 is 22.9 Å². The topological polar surface area (TPSA) is 59.9 Å². The summed E-state index contributed by atoms with van der Waals surface area (Å²) in [5, 5.41) is 6.61. The first-order chi connectivity index (χ1) is 16.6. The number of benzene rings is 3. The Morgan fingerprint density at radius 1 is 1.09 bits per heavy atom. The number of hydrogen-bond acceptors (Lipinski definition) is 4. The van der Waals surface area contributed by atoms with Gasteiger partial charge < -0.3 is 9.47 Å². The Labute approximate surface area is 201 Å². The van der Waals surface area contributed by atoms with Crippen LogP contribution in [0.3, 0.4) is 0 Å². The van der Waals surface area contributed by atoms with Crippen LogP contribution in [0.5, 0.6) is 11.5 Å². The van der Waals surface area contributed by atoms with Gasteiger partial charge >= 0.3 is 0 Å². The van der Waals surface area contributed by atoms with Crippen molar-refractivity contribution in [3.63, 3.8) is 0 Å². The SMILES string of the molecule is CCOc1cc(/C=N\NC(=O)[C@@H]2[C@H]3CCCC[C@@]32C)ccc1OCc1cccc2ccccc12. The highest BCUT2D eigenvalue weighted by molar-refractivity contribution is 5.87. The summed E-state index contributed by atoms with van der Waals surface area (Å²) in [6.45, 7) is 5.18. The summed E-state index contributed by atoms with van der Waals surface area (Å²) in [5.74, 6) is 2.03. The minimum absolute atomic E-state index is 0.0470. The molecule has 2 aliphatic carbocycles. The van der Waals surface area contributed by atoms with Gasteiger partial charge in [-0.1, -0.05) is 62.2 Å². The summed E-state index contributed by atoms with van der Waals surface area (Å²) in [6, 6.07) is 20.3. The second-order valence-corrected chi connectivity index (χ2v) is 9.64. The molecule has 2 fully saturated rings. The van der Waals surface area contributed by atoms with Gasteiger partial charge in [0.25, 0.3) is 0 Å². The van der Waals surface area contributed by atoms with Crippen molar-refractivity contribution < 1.29 is 14.3 Å². The quantitative estimate of drug-likeness (QED) is 0.329. The molecule has 34 heavy (non-hydrogen) atoms. The zero-order valence-electron chi connectivity index (χ0n) is 19.9. The van der Waals surface area contributed by atoms with Crippen LogP contribution >= 0.6 is 0 Å². The zero-order valence-corrected chi connectivity index (χ0v) is 19.9. The molecule has 5 nitrogen and oxygen atoms in total. The molecule has 0 bridgehead atoms. The molecule has 1 N–H and O–H groups in total. The Kier molecular flexibility index (Phi) is 6.27. The van der Waals surface area contributed by atoms with Crippen LogP contribution in [0.2, 0.25) is 0 Å². The van der Waals surface area contributed by atoms with Crippen molar-refractivity contribution in [1.82, 2.24) is 5.43 Å². The van der Waals surface area contributed by atoms with Gasteiger partial charge in [0.15, 0.2) is 11.5 Å². The number of carbonyl (C=O) groups is 1. The monoisotopic (exact) mass is 456 g/mol. The fraction of sp³-hybridized carbons (Fsp3) is 0.379. The highest BCUT2D eigenvalue weighted by Crippen LogP contribution is 2.66. The Morgan fingerprint density at radius 3 is 2.76 bits per heavy atom. The molecule has 0 saturated heterocycles. The Bertz CT molecular complexity index is 1220. The number of fused-ring (bicyclic) bond motifs is 2. The number of amides is 1. The molecule has 2 aliphatic rings. The van der Waals surface area contributed by atoms with Crippen LogP contribution in [0, 0.1) is 17.3 Å². The summed E-state index contributed by atoms with van der Waals surface area (Å²) in [4.78, 5) is 12.6. The lowest BCUT2D eigenvalue weighted by molar-refractivity contribution is -0.123. The molecule has 0 spiro atoms. The maximum atomic E-state index is 12.6. The summed E-state index contributed by atoms with van der Waals surface area (Å²) in [7, 11) is 0. The Morgan fingerprint density at radius 2 is 1.94 bits per heavy atom. The molecule has 0 heterocycles. The Hall–Kier alpha value is -3.34. The van der Waals surface area contributed by atoms with Crippen LogP contribution < -0.4 is 14.9 Å². The number of rotatable bonds is 8. The van der Waals surface area contributed by atoms with Gasteiger partial charge in [0.05, 0.1) is 12.8 Å². The van der Waals surface area contributed by atoms with Crippen molar-refractivity contribution in [1.29, 1.82) is 0 Å². The highest BCUT2D eigenvalue weighted by Gasteiger charge is 2.64. The van der Waals surface area contributed by atoms with E-state index in [-0.39, 0.29) is 17.2 Å². The molecular formula is C29H32N2O3. The smallest absolute Gasteiger partial charge is 0.244 e. The lowest BCUT2D eigenvalue weighted by Crippen LogP contribution is -2.22. The first kappa shape index (κ1) is 22.5. The number of nitrogens with zero attached hydrogens (tertiary/aromatic N) is 1. The molecule has 1 amide bonds. The molecule has 5 heteroatoms. The maximum Gasteiger partial charge on any atom is 0.244 e. The van der Waals surface area contributed by atoms with E-state index in [4.69, 9.17) is 9.47 Å². The zero-order chi connectivity index (χ0) is 23.5. The minimum Gasteiger partial charge on any atom is -0.490 e. The van der Waals surface area contributed by atoms with Gasteiger partial charge in [-0.05, 0) is 71.2 Å². The average Bonchev–Trinajstić information content (AvgIpc) is 3.49. The maximum absolute atomic E-state index is 12.6. The van der Waals surface area contributed by atoms with Gasteiger partial charge in [0.2, 0.25) is 5.91 Å². The number of hydrazone groups is 1. The number of ether oxygens (including phenoxy) is 2. The van der Waals surface area contributed by atoms with E-state index in [1.165, 1.54) is 23.6 Å². The van der Waals surface area contributed by atoms with Gasteiger partial charge in [0, 0.05) is 5.92 Å². The summed E-state index contributed by atoms with van der Waals surface area (Å²) in [5.41, 5.74) is 4.92. The molecule has 2 saturated carbocycles. The number of carbonyl (C=O) groups excluding carboxylic acids is 1. The van der Waals surface area contributed by atoms with Crippen LogP contribution in [0.1, 0.15) is 50.7 Å². The van der Waals surface area contributed by atoms with Gasteiger partial charge in [-0.25, -0.2) is 5.43 Å². The standard InChI is InChI=1S/C29H32N2O3/c1-3-33-26-17-20(18-30-31-28(32)27-24-13-6-7-16-29(24,27)2)14-15-25(26)34-19-22-11-8-10-21-9-4-5-12-23(21)22/h4-5,8-12,14-15,17-18,24,27H,3,6-7,13,16,19H2,1-2H3,(H,31,32)/b30-18-/t24-,27+,29+/m1/s1. The molecule has 176 valence electrons. The van der Waals surface area contributed by atoms with Gasteiger partial charge in [-0.15, -0.1) is 0 Å². The second kappa shape index (κ2) is 9.49. The first-order valence-electron chi connectivity index (χ1n) is 12.3. The van der Waals surface area contributed by atoms with E-state index in [1.54, 1.807) is 6.21 Å². The van der Waals surface area contributed by atoms with Crippen LogP contribution in [-0.2, 0) is 11.4 Å². The van der Waals surface area contributed by atoms with E-state index in [0.717, 1.165) is 24.0 Å². The van der Waals surface area contributed by atoms with Crippen molar-refractivity contribution in [2.24, 2.45) is 22.4 Å². The van der Waals surface area contributed by atoms with Crippen molar-refractivity contribution in [3.05, 3.63) is 71.8 Å². The predicted molar refractivity (Wildman–Crippen MR) is 135 cm³/mol. The van der Waals surface area contributed by atoms with Gasteiger partial charge in [-0.3, -0.25) is 4.79 Å². The predicted octanol–water partition coefficient (Wildman–Crippen LogP) is 6.09. The lowest BCUT2D eigenvalue weighted by Gasteiger charge is -2.15. The molecule has 3 aromatic carbocycles. The van der Waals surface area contributed by atoms with E-state index in [9.17, 15) is 4.79 Å². The number of hydrogen-bond donors (Lipinski definition) is 1. The molecule has 0 aliphatic heterocycles. The second-order valence-electron chi connectivity index (χ2n) is 9.64. The van der Waals surface area contributed by atoms with Crippen molar-refractivity contribution in [3.8, 4) is 11.5 Å². The van der Waals surface area contributed by atoms with Crippen LogP contribution in [-0.4, -0.2) is 18.7 Å². The summed E-state index contributed by atoms with van der Waals surface area (Å²) < 4.78 is 12.0. The van der Waals surface area contributed by atoms with E-state index in [2.05, 4.69) is 47.8 Å². The largest absolute Gasteiger partial charge is 0.490 e. The van der Waals surface area contributed by atoms with E-state index >= 15 is 0 Å². The lowest BCUT2D eigenvalue weighted by atomic mass is 9.90. The molecule has 3 atom stereocenters. The molecule has 5 rings (SSSR count). The third-order valence-corrected chi connectivity index (χ3v) is 7.53. The third-order valence-electron chi connectivity index (χ3n) is 7.53. The van der Waals surface area contributed by atoms with Gasteiger partial charge in [0.1, 0.15) is 6.61 Å². The van der Waals surface area contributed by atoms with Crippen LogP contribution in [0.25, 0.3) is 10.8 Å². The van der Waals surface area contributed by atoms with E-state index < -0.39 is 0 Å². The van der Waals surface area contributed by atoms with Crippen LogP contribution in [0.4, 0.5) is 0 Å². The highest BCUT2D eigenvalue weighted by atomic mass is 16.5. The molecule has 0 radical (unpaired) electrons. The Balaban J connectivity index is 1.24. The molecular weight excluding hydrogens is 424 g/mol. The van der Waals surface area contributed by atoms with Crippen molar-refractivity contribution in [2.45, 2.75) is 46.1 Å². The number of nitrogens with one attached hydrogen (secondary N) is 1. The van der Waals surface area contributed by atoms with Crippen LogP contribution in [0.15, 0.2) is 65.8 Å². The summed E-state index contributed by atoms with van der Waals surface area (Å²) >= 11 is 0. The summed E-state index contributed by atoms with van der Waals surface area (Å²) in [6.07, 6.45) is 6.45. The average molecular weight is 457 g/mol. The van der Waals surface area contributed by atoms with Gasteiger partial charge in [-0.2, -0.15) is 5.10 Å². The minimum atomic E-state index is 0.0470.